The predicted octanol–water partition coefficient (Wildman–Crippen LogP) is 3.34. The second kappa shape index (κ2) is 7.61. The summed E-state index contributed by atoms with van der Waals surface area (Å²) >= 11 is 6.17. The largest absolute Gasteiger partial charge is 0.371 e. The van der Waals surface area contributed by atoms with Crippen LogP contribution in [0, 0.1) is 0 Å². The van der Waals surface area contributed by atoms with Crippen molar-refractivity contribution in [3.8, 4) is 0 Å². The minimum Gasteiger partial charge on any atom is -0.371 e. The first-order chi connectivity index (χ1) is 13.1. The van der Waals surface area contributed by atoms with Crippen LogP contribution in [0.2, 0.25) is 5.02 Å². The average molecular weight is 383 g/mol. The molecule has 2 heterocycles. The van der Waals surface area contributed by atoms with Crippen LogP contribution in [0.5, 0.6) is 0 Å². The Morgan fingerprint density at radius 1 is 1.26 bits per heavy atom. The molecule has 0 saturated carbocycles. The summed E-state index contributed by atoms with van der Waals surface area (Å²) in [5.74, 6) is -0.0920. The third-order valence-electron chi connectivity index (χ3n) is 5.20. The Balaban J connectivity index is 1.41. The molecule has 0 bridgehead atoms. The molecule has 6 heteroatoms. The molecule has 1 aromatic carbocycles. The number of allylic oxidation sites excluding steroid dienone is 3. The zero-order chi connectivity index (χ0) is 18.8. The first-order valence-electron chi connectivity index (χ1n) is 9.39. The molecule has 2 aliphatic rings. The first kappa shape index (κ1) is 17.9. The zero-order valence-electron chi connectivity index (χ0n) is 15.4. The van der Waals surface area contributed by atoms with Crippen molar-refractivity contribution >= 4 is 17.5 Å². The van der Waals surface area contributed by atoms with E-state index in [0.29, 0.717) is 22.8 Å². The molecule has 27 heavy (non-hydrogen) atoms. The standard InChI is InChI=1S/C21H23ClN4O/c1-2-26-14-19(22)20(24-26)13-23-21(27)17-7-6-15-8-10-25(18-4-3-5-18)11-9-16(15)12-17/h3-7,12,14H,2,8-11,13H2,1H3,(H,23,27). The van der Waals surface area contributed by atoms with Gasteiger partial charge in [-0.25, -0.2) is 0 Å². The van der Waals surface area contributed by atoms with Crippen LogP contribution in [-0.4, -0.2) is 33.7 Å². The molecule has 1 aliphatic heterocycles. The van der Waals surface area contributed by atoms with Crippen LogP contribution in [0.25, 0.3) is 0 Å². The summed E-state index contributed by atoms with van der Waals surface area (Å²) in [5.41, 5.74) is 5.30. The van der Waals surface area contributed by atoms with Crippen molar-refractivity contribution in [1.29, 1.82) is 0 Å². The molecule has 5 nitrogen and oxygen atoms in total. The van der Waals surface area contributed by atoms with E-state index in [2.05, 4.69) is 39.6 Å². The fraction of sp³-hybridized carbons (Fsp3) is 0.333. The second-order valence-electron chi connectivity index (χ2n) is 6.88. The summed E-state index contributed by atoms with van der Waals surface area (Å²) in [6.45, 7) is 5.09. The quantitative estimate of drug-likeness (QED) is 0.862. The van der Waals surface area contributed by atoms with Gasteiger partial charge in [0.2, 0.25) is 0 Å². The van der Waals surface area contributed by atoms with Crippen LogP contribution in [-0.2, 0) is 25.9 Å². The molecule has 4 rings (SSSR count). The Morgan fingerprint density at radius 2 is 2.04 bits per heavy atom. The van der Waals surface area contributed by atoms with Crippen LogP contribution in [0.15, 0.2) is 48.3 Å². The van der Waals surface area contributed by atoms with Crippen LogP contribution >= 0.6 is 11.6 Å². The maximum atomic E-state index is 12.6. The van der Waals surface area contributed by atoms with Crippen LogP contribution in [0.4, 0.5) is 0 Å². The van der Waals surface area contributed by atoms with Crippen molar-refractivity contribution in [3.05, 3.63) is 75.7 Å². The topological polar surface area (TPSA) is 50.2 Å². The predicted molar refractivity (Wildman–Crippen MR) is 107 cm³/mol. The van der Waals surface area contributed by atoms with Crippen molar-refractivity contribution in [2.75, 3.05) is 13.1 Å². The number of halogens is 1. The van der Waals surface area contributed by atoms with Crippen molar-refractivity contribution in [2.24, 2.45) is 0 Å². The van der Waals surface area contributed by atoms with E-state index in [0.717, 1.165) is 32.5 Å². The first-order valence-corrected chi connectivity index (χ1v) is 9.77. The Labute approximate surface area is 164 Å². The summed E-state index contributed by atoms with van der Waals surface area (Å²) in [6.07, 6.45) is 10.1. The monoisotopic (exact) mass is 382 g/mol. The lowest BCUT2D eigenvalue weighted by Gasteiger charge is -2.26. The minimum atomic E-state index is -0.0920. The van der Waals surface area contributed by atoms with E-state index >= 15 is 0 Å². The molecule has 1 N–H and O–H groups in total. The van der Waals surface area contributed by atoms with E-state index in [9.17, 15) is 4.79 Å². The van der Waals surface area contributed by atoms with Gasteiger partial charge in [-0.3, -0.25) is 9.48 Å². The molecule has 0 spiro atoms. The van der Waals surface area contributed by atoms with Crippen molar-refractivity contribution in [1.82, 2.24) is 20.0 Å². The lowest BCUT2D eigenvalue weighted by atomic mass is 10.00. The maximum absolute atomic E-state index is 12.6. The Hall–Kier alpha value is -2.53. The van der Waals surface area contributed by atoms with E-state index < -0.39 is 0 Å². The fourth-order valence-electron chi connectivity index (χ4n) is 3.50. The lowest BCUT2D eigenvalue weighted by Crippen LogP contribution is -2.26. The third-order valence-corrected chi connectivity index (χ3v) is 5.51. The highest BCUT2D eigenvalue weighted by Gasteiger charge is 2.18. The number of fused-ring (bicyclic) bond motifs is 1. The molecule has 2 aromatic rings. The van der Waals surface area contributed by atoms with Crippen molar-refractivity contribution < 1.29 is 4.79 Å². The highest BCUT2D eigenvalue weighted by molar-refractivity contribution is 6.31. The molecule has 1 amide bonds. The Morgan fingerprint density at radius 3 is 2.70 bits per heavy atom. The number of carbonyl (C=O) groups is 1. The summed E-state index contributed by atoms with van der Waals surface area (Å²) in [4.78, 5) is 15.0. The minimum absolute atomic E-state index is 0.0920. The van der Waals surface area contributed by atoms with Gasteiger partial charge in [0.25, 0.3) is 5.91 Å². The third kappa shape index (κ3) is 3.78. The molecule has 0 saturated heterocycles. The molecule has 0 fully saturated rings. The van der Waals surface area contributed by atoms with E-state index in [1.165, 1.54) is 16.8 Å². The van der Waals surface area contributed by atoms with Gasteiger partial charge in [0.1, 0.15) is 5.69 Å². The Kier molecular flexibility index (Phi) is 5.03. The number of nitrogens with one attached hydrogen (secondary N) is 1. The van der Waals surface area contributed by atoms with E-state index in [-0.39, 0.29) is 5.91 Å². The van der Waals surface area contributed by atoms with Gasteiger partial charge in [0, 0.05) is 37.1 Å². The van der Waals surface area contributed by atoms with Crippen LogP contribution in [0.3, 0.4) is 0 Å². The van der Waals surface area contributed by atoms with Gasteiger partial charge in [0.05, 0.1) is 11.6 Å². The number of carbonyl (C=O) groups excluding carboxylic acids is 1. The number of aromatic nitrogens is 2. The molecule has 0 unspecified atom stereocenters. The number of nitrogens with zero attached hydrogens (tertiary/aromatic N) is 3. The van der Waals surface area contributed by atoms with Crippen LogP contribution in [0.1, 0.15) is 34.1 Å². The highest BCUT2D eigenvalue weighted by Crippen LogP contribution is 2.22. The molecular formula is C21H23ClN4O. The zero-order valence-corrected chi connectivity index (χ0v) is 16.2. The summed E-state index contributed by atoms with van der Waals surface area (Å²) in [7, 11) is 0. The van der Waals surface area contributed by atoms with Crippen molar-refractivity contribution in [2.45, 2.75) is 32.9 Å². The van der Waals surface area contributed by atoms with Gasteiger partial charge in [-0.2, -0.15) is 5.10 Å². The highest BCUT2D eigenvalue weighted by atomic mass is 35.5. The summed E-state index contributed by atoms with van der Waals surface area (Å²) < 4.78 is 1.77. The van der Waals surface area contributed by atoms with Gasteiger partial charge < -0.3 is 10.2 Å². The number of hydrogen-bond donors (Lipinski definition) is 1. The average Bonchev–Trinajstić information content (AvgIpc) is 2.87. The molecule has 0 atom stereocenters. The SMILES string of the molecule is CCn1cc(Cl)c(CNC(=O)c2ccc3c(c2)CCN(C2=CC=C2)CC3)n1. The number of hydrogen-bond acceptors (Lipinski definition) is 3. The van der Waals surface area contributed by atoms with Gasteiger partial charge >= 0.3 is 0 Å². The maximum Gasteiger partial charge on any atom is 0.251 e. The van der Waals surface area contributed by atoms with E-state index in [1.807, 2.05) is 19.1 Å². The van der Waals surface area contributed by atoms with Crippen LogP contribution < -0.4 is 5.32 Å². The number of amides is 1. The Bertz CT molecular complexity index is 928. The molecule has 140 valence electrons. The van der Waals surface area contributed by atoms with Gasteiger partial charge in [0.15, 0.2) is 0 Å². The molecule has 0 radical (unpaired) electrons. The van der Waals surface area contributed by atoms with E-state index in [1.54, 1.807) is 10.9 Å². The fourth-order valence-corrected chi connectivity index (χ4v) is 3.72. The lowest BCUT2D eigenvalue weighted by molar-refractivity contribution is 0.0950. The smallest absolute Gasteiger partial charge is 0.251 e. The summed E-state index contributed by atoms with van der Waals surface area (Å²) in [6, 6.07) is 6.04. The van der Waals surface area contributed by atoms with E-state index in [4.69, 9.17) is 11.6 Å². The number of aryl methyl sites for hydroxylation is 1. The molecule has 1 aliphatic carbocycles. The number of benzene rings is 1. The van der Waals surface area contributed by atoms with Crippen molar-refractivity contribution in [3.63, 3.8) is 0 Å². The van der Waals surface area contributed by atoms with Gasteiger partial charge in [-0.05, 0) is 55.2 Å². The number of rotatable bonds is 5. The summed E-state index contributed by atoms with van der Waals surface area (Å²) in [5, 5.41) is 7.88. The second-order valence-corrected chi connectivity index (χ2v) is 7.29. The normalized spacial score (nSPS) is 15.6. The van der Waals surface area contributed by atoms with Gasteiger partial charge in [-0.15, -0.1) is 0 Å². The van der Waals surface area contributed by atoms with Gasteiger partial charge in [-0.1, -0.05) is 23.7 Å². The molecular weight excluding hydrogens is 360 g/mol. The molecule has 1 aromatic heterocycles.